The molecule has 1 aromatic heterocycles. The van der Waals surface area contributed by atoms with Gasteiger partial charge in [0.15, 0.2) is 0 Å². The first-order valence-corrected chi connectivity index (χ1v) is 7.22. The minimum absolute atomic E-state index is 0.127. The van der Waals surface area contributed by atoms with Crippen LogP contribution in [0.2, 0.25) is 0 Å². The van der Waals surface area contributed by atoms with Crippen LogP contribution in [0.1, 0.15) is 31.2 Å². The molecule has 0 amide bonds. The van der Waals surface area contributed by atoms with E-state index in [-0.39, 0.29) is 5.54 Å². The van der Waals surface area contributed by atoms with E-state index in [0.29, 0.717) is 6.04 Å². The topological polar surface area (TPSA) is 15.3 Å². The number of hydrogen-bond acceptors (Lipinski definition) is 3. The summed E-state index contributed by atoms with van der Waals surface area (Å²) in [6, 6.07) is 2.47. The van der Waals surface area contributed by atoms with Crippen molar-refractivity contribution in [1.82, 2.24) is 10.2 Å². The highest BCUT2D eigenvalue weighted by molar-refractivity contribution is 9.10. The molecule has 0 aliphatic heterocycles. The van der Waals surface area contributed by atoms with Crippen LogP contribution in [0.15, 0.2) is 15.9 Å². The lowest BCUT2D eigenvalue weighted by Gasteiger charge is -2.42. The first-order chi connectivity index (χ1) is 7.47. The highest BCUT2D eigenvalue weighted by atomic mass is 79.9. The molecule has 0 radical (unpaired) electrons. The van der Waals surface area contributed by atoms with Crippen molar-refractivity contribution in [3.63, 3.8) is 0 Å². The minimum atomic E-state index is 0.127. The Kier molecular flexibility index (Phi) is 4.98. The third-order valence-electron chi connectivity index (χ3n) is 3.55. The first kappa shape index (κ1) is 14.2. The van der Waals surface area contributed by atoms with Crippen molar-refractivity contribution in [2.45, 2.75) is 31.8 Å². The van der Waals surface area contributed by atoms with E-state index in [9.17, 15) is 0 Å². The van der Waals surface area contributed by atoms with Gasteiger partial charge < -0.3 is 10.2 Å². The number of nitrogens with zero attached hydrogens (tertiary/aromatic N) is 1. The summed E-state index contributed by atoms with van der Waals surface area (Å²) in [5.41, 5.74) is 0.127. The number of nitrogens with one attached hydrogen (secondary N) is 1. The Morgan fingerprint density at radius 2 is 2.19 bits per heavy atom. The average Bonchev–Trinajstić information content (AvgIpc) is 2.65. The molecule has 2 unspecified atom stereocenters. The van der Waals surface area contributed by atoms with Gasteiger partial charge in [0.1, 0.15) is 0 Å². The van der Waals surface area contributed by atoms with Gasteiger partial charge in [-0.1, -0.05) is 6.92 Å². The molecule has 1 aromatic rings. The Hall–Kier alpha value is 0.1000. The summed E-state index contributed by atoms with van der Waals surface area (Å²) < 4.78 is 1.21. The monoisotopic (exact) mass is 304 g/mol. The maximum absolute atomic E-state index is 3.63. The molecule has 0 aromatic carbocycles. The van der Waals surface area contributed by atoms with Crippen LogP contribution in [0.5, 0.6) is 0 Å². The Morgan fingerprint density at radius 3 is 2.50 bits per heavy atom. The molecule has 92 valence electrons. The number of thiophene rings is 1. The average molecular weight is 305 g/mol. The number of halogens is 1. The largest absolute Gasteiger partial charge is 0.311 e. The number of hydrogen-bond donors (Lipinski definition) is 1. The maximum atomic E-state index is 3.63. The fraction of sp³-hybridized carbons (Fsp3) is 0.667. The van der Waals surface area contributed by atoms with E-state index < -0.39 is 0 Å². The van der Waals surface area contributed by atoms with E-state index in [1.54, 1.807) is 11.3 Å². The molecule has 0 saturated carbocycles. The zero-order valence-corrected chi connectivity index (χ0v) is 13.1. The lowest BCUT2D eigenvalue weighted by molar-refractivity contribution is 0.118. The fourth-order valence-electron chi connectivity index (χ4n) is 2.01. The smallest absolute Gasteiger partial charge is 0.0607 e. The van der Waals surface area contributed by atoms with Crippen LogP contribution in [0.25, 0.3) is 0 Å². The Labute approximate surface area is 111 Å². The van der Waals surface area contributed by atoms with Crippen LogP contribution >= 0.6 is 27.3 Å². The van der Waals surface area contributed by atoms with Gasteiger partial charge >= 0.3 is 0 Å². The van der Waals surface area contributed by atoms with Gasteiger partial charge in [-0.25, -0.2) is 0 Å². The molecule has 0 aliphatic rings. The van der Waals surface area contributed by atoms with Crippen LogP contribution < -0.4 is 5.32 Å². The van der Waals surface area contributed by atoms with Crippen molar-refractivity contribution < 1.29 is 0 Å². The summed E-state index contributed by atoms with van der Waals surface area (Å²) in [5, 5.41) is 5.59. The molecule has 1 rings (SSSR count). The molecule has 2 nitrogen and oxygen atoms in total. The number of rotatable bonds is 5. The molecule has 16 heavy (non-hydrogen) atoms. The third kappa shape index (κ3) is 2.50. The summed E-state index contributed by atoms with van der Waals surface area (Å²) in [5.74, 6) is 0. The van der Waals surface area contributed by atoms with Crippen LogP contribution in [-0.4, -0.2) is 31.6 Å². The SMILES string of the molecule is CCC(C)(C(NC)c1sccc1Br)N(C)C. The molecule has 4 heteroatoms. The van der Waals surface area contributed by atoms with Gasteiger partial charge in [-0.2, -0.15) is 0 Å². The lowest BCUT2D eigenvalue weighted by atomic mass is 9.87. The van der Waals surface area contributed by atoms with Gasteiger partial charge in [0.25, 0.3) is 0 Å². The quantitative estimate of drug-likeness (QED) is 0.895. The molecular formula is C12H21BrN2S. The predicted molar refractivity (Wildman–Crippen MR) is 76.2 cm³/mol. The molecule has 1 N–H and O–H groups in total. The second-order valence-corrected chi connectivity index (χ2v) is 6.26. The molecule has 0 bridgehead atoms. The van der Waals surface area contributed by atoms with E-state index in [2.05, 4.69) is 65.5 Å². The minimum Gasteiger partial charge on any atom is -0.311 e. The van der Waals surface area contributed by atoms with Crippen molar-refractivity contribution in [1.29, 1.82) is 0 Å². The maximum Gasteiger partial charge on any atom is 0.0607 e. The van der Waals surface area contributed by atoms with Crippen LogP contribution in [-0.2, 0) is 0 Å². The van der Waals surface area contributed by atoms with E-state index in [4.69, 9.17) is 0 Å². The van der Waals surface area contributed by atoms with Gasteiger partial charge in [0.2, 0.25) is 0 Å². The summed E-state index contributed by atoms with van der Waals surface area (Å²) in [6.07, 6.45) is 1.11. The van der Waals surface area contributed by atoms with E-state index in [1.807, 2.05) is 7.05 Å². The standard InChI is InChI=1S/C12H21BrN2S/c1-6-12(2,15(4)5)11(14-3)10-9(13)7-8-16-10/h7-8,11,14H,6H2,1-5H3. The van der Waals surface area contributed by atoms with Crippen LogP contribution in [0.4, 0.5) is 0 Å². The molecular weight excluding hydrogens is 284 g/mol. The van der Waals surface area contributed by atoms with Gasteiger partial charge in [0.05, 0.1) is 6.04 Å². The molecule has 0 aliphatic carbocycles. The van der Waals surface area contributed by atoms with E-state index in [0.717, 1.165) is 6.42 Å². The number of likely N-dealkylation sites (N-methyl/N-ethyl adjacent to an activating group) is 2. The highest BCUT2D eigenvalue weighted by Gasteiger charge is 2.36. The van der Waals surface area contributed by atoms with Gasteiger partial charge in [-0.3, -0.25) is 0 Å². The van der Waals surface area contributed by atoms with Gasteiger partial charge in [0, 0.05) is 14.9 Å². The van der Waals surface area contributed by atoms with Crippen molar-refractivity contribution >= 4 is 27.3 Å². The first-order valence-electron chi connectivity index (χ1n) is 5.55. The van der Waals surface area contributed by atoms with Crippen molar-refractivity contribution in [2.75, 3.05) is 21.1 Å². The zero-order chi connectivity index (χ0) is 12.3. The summed E-state index contributed by atoms with van der Waals surface area (Å²) in [6.45, 7) is 4.55. The summed E-state index contributed by atoms with van der Waals surface area (Å²) in [4.78, 5) is 3.68. The predicted octanol–water partition coefficient (Wildman–Crippen LogP) is 3.50. The normalized spacial score (nSPS) is 17.4. The van der Waals surface area contributed by atoms with Crippen LogP contribution in [0, 0.1) is 0 Å². The van der Waals surface area contributed by atoms with E-state index >= 15 is 0 Å². The third-order valence-corrected chi connectivity index (χ3v) is 5.49. The molecule has 1 heterocycles. The Bertz CT molecular complexity index is 338. The van der Waals surface area contributed by atoms with Crippen molar-refractivity contribution in [3.8, 4) is 0 Å². The highest BCUT2D eigenvalue weighted by Crippen LogP contribution is 2.38. The Balaban J connectivity index is 3.11. The molecule has 0 saturated heterocycles. The zero-order valence-electron chi connectivity index (χ0n) is 10.7. The van der Waals surface area contributed by atoms with Crippen LogP contribution in [0.3, 0.4) is 0 Å². The van der Waals surface area contributed by atoms with E-state index in [1.165, 1.54) is 9.35 Å². The fourth-order valence-corrected chi connectivity index (χ4v) is 3.87. The lowest BCUT2D eigenvalue weighted by Crippen LogP contribution is -2.50. The molecule has 0 spiro atoms. The molecule has 0 fully saturated rings. The second-order valence-electron chi connectivity index (χ2n) is 4.46. The summed E-state index contributed by atoms with van der Waals surface area (Å²) >= 11 is 5.44. The summed E-state index contributed by atoms with van der Waals surface area (Å²) in [7, 11) is 6.33. The second kappa shape index (κ2) is 5.63. The molecule has 2 atom stereocenters. The van der Waals surface area contributed by atoms with Gasteiger partial charge in [-0.05, 0) is 61.9 Å². The van der Waals surface area contributed by atoms with Crippen molar-refractivity contribution in [2.24, 2.45) is 0 Å². The Morgan fingerprint density at radius 1 is 1.56 bits per heavy atom. The van der Waals surface area contributed by atoms with Crippen molar-refractivity contribution in [3.05, 3.63) is 20.8 Å². The van der Waals surface area contributed by atoms with Gasteiger partial charge in [-0.15, -0.1) is 11.3 Å².